The molecule has 0 aromatic heterocycles. The van der Waals surface area contributed by atoms with Crippen LogP contribution in [0.15, 0.2) is 30.3 Å². The number of rotatable bonds is 4. The van der Waals surface area contributed by atoms with Crippen LogP contribution in [0.1, 0.15) is 32.3 Å². The number of hydrogen-bond acceptors (Lipinski definition) is 2. The molecule has 0 aliphatic heterocycles. The molecule has 0 saturated heterocycles. The van der Waals surface area contributed by atoms with Gasteiger partial charge in [-0.25, -0.2) is 0 Å². The fourth-order valence-electron chi connectivity index (χ4n) is 1.53. The van der Waals surface area contributed by atoms with Crippen LogP contribution < -0.4 is 0 Å². The number of aliphatic hydroxyl groups excluding tert-OH is 1. The largest absolute Gasteiger partial charge is 0.396 e. The number of hydrogen-bond donors (Lipinski definition) is 1. The van der Waals surface area contributed by atoms with Crippen LogP contribution in [0.4, 0.5) is 0 Å². The third-order valence-corrected chi connectivity index (χ3v) is 2.55. The maximum absolute atomic E-state index is 11.7. The molecule has 0 saturated carbocycles. The van der Waals surface area contributed by atoms with Gasteiger partial charge in [0.25, 0.3) is 0 Å². The second kappa shape index (κ2) is 6.22. The van der Waals surface area contributed by atoms with Gasteiger partial charge < -0.3 is 5.11 Å². The lowest BCUT2D eigenvalue weighted by atomic mass is 9.84. The quantitative estimate of drug-likeness (QED) is 0.806. The van der Waals surface area contributed by atoms with Crippen LogP contribution in [0.25, 0.3) is 0 Å². The summed E-state index contributed by atoms with van der Waals surface area (Å²) in [7, 11) is 0. The van der Waals surface area contributed by atoms with Gasteiger partial charge in [0.15, 0.2) is 0 Å². The van der Waals surface area contributed by atoms with Crippen molar-refractivity contribution in [2.24, 2.45) is 5.41 Å². The molecule has 2 nitrogen and oxygen atoms in total. The Morgan fingerprint density at radius 3 is 2.53 bits per heavy atom. The van der Waals surface area contributed by atoms with Gasteiger partial charge in [0.1, 0.15) is 0 Å². The molecule has 1 N–H and O–H groups in total. The summed E-state index contributed by atoms with van der Waals surface area (Å²) in [5.74, 6) is 5.41. The van der Waals surface area contributed by atoms with Crippen molar-refractivity contribution in [3.8, 4) is 11.8 Å². The summed E-state index contributed by atoms with van der Waals surface area (Å²) in [5.41, 5.74) is 0.665. The lowest BCUT2D eigenvalue weighted by Crippen LogP contribution is -2.17. The number of aliphatic hydroxyl groups is 1. The SMILES string of the molecule is CC(C)(CCO)CC(=O)C#Cc1ccccc1. The highest BCUT2D eigenvalue weighted by Crippen LogP contribution is 2.24. The zero-order chi connectivity index (χ0) is 12.7. The van der Waals surface area contributed by atoms with Crippen LogP contribution in [0.2, 0.25) is 0 Å². The van der Waals surface area contributed by atoms with E-state index in [1.54, 1.807) is 0 Å². The molecule has 0 amide bonds. The first-order valence-corrected chi connectivity index (χ1v) is 5.74. The number of benzene rings is 1. The van der Waals surface area contributed by atoms with Gasteiger partial charge in [-0.2, -0.15) is 0 Å². The highest BCUT2D eigenvalue weighted by Gasteiger charge is 2.20. The van der Waals surface area contributed by atoms with Crippen molar-refractivity contribution in [2.45, 2.75) is 26.7 Å². The molecule has 1 aromatic carbocycles. The summed E-state index contributed by atoms with van der Waals surface area (Å²) in [6.07, 6.45) is 0.999. The number of Topliss-reactive ketones (excluding diaryl/α,β-unsaturated/α-hetero) is 1. The van der Waals surface area contributed by atoms with Gasteiger partial charge in [0.2, 0.25) is 5.78 Å². The van der Waals surface area contributed by atoms with Crippen molar-refractivity contribution < 1.29 is 9.90 Å². The van der Waals surface area contributed by atoms with Gasteiger partial charge in [-0.15, -0.1) is 0 Å². The van der Waals surface area contributed by atoms with Crippen molar-refractivity contribution in [1.29, 1.82) is 0 Å². The molecule has 0 aliphatic rings. The summed E-state index contributed by atoms with van der Waals surface area (Å²) < 4.78 is 0. The van der Waals surface area contributed by atoms with Crippen molar-refractivity contribution in [2.75, 3.05) is 6.61 Å². The molecular formula is C15H18O2. The average molecular weight is 230 g/mol. The maximum atomic E-state index is 11.7. The first-order chi connectivity index (χ1) is 8.03. The van der Waals surface area contributed by atoms with E-state index in [2.05, 4.69) is 11.8 Å². The first-order valence-electron chi connectivity index (χ1n) is 5.74. The Labute approximate surface area is 103 Å². The molecule has 1 rings (SSSR count). The molecule has 1 aromatic rings. The Morgan fingerprint density at radius 2 is 1.94 bits per heavy atom. The second-order valence-electron chi connectivity index (χ2n) is 4.85. The molecule has 0 fully saturated rings. The highest BCUT2D eigenvalue weighted by atomic mass is 16.3. The Hall–Kier alpha value is -1.59. The minimum atomic E-state index is -0.183. The van der Waals surface area contributed by atoms with Gasteiger partial charge in [-0.1, -0.05) is 38.0 Å². The Kier molecular flexibility index (Phi) is 4.93. The molecule has 0 bridgehead atoms. The number of ketones is 1. The van der Waals surface area contributed by atoms with E-state index < -0.39 is 0 Å². The summed E-state index contributed by atoms with van der Waals surface area (Å²) >= 11 is 0. The molecule has 0 unspecified atom stereocenters. The van der Waals surface area contributed by atoms with Crippen LogP contribution in [-0.4, -0.2) is 17.5 Å². The first kappa shape index (κ1) is 13.5. The van der Waals surface area contributed by atoms with Crippen LogP contribution in [0, 0.1) is 17.3 Å². The Morgan fingerprint density at radius 1 is 1.29 bits per heavy atom. The van der Waals surface area contributed by atoms with E-state index in [0.29, 0.717) is 12.8 Å². The monoisotopic (exact) mass is 230 g/mol. The summed E-state index contributed by atoms with van der Waals surface area (Å²) in [6.45, 7) is 4.03. The highest BCUT2D eigenvalue weighted by molar-refractivity contribution is 5.96. The summed E-state index contributed by atoms with van der Waals surface area (Å²) in [6, 6.07) is 9.45. The summed E-state index contributed by atoms with van der Waals surface area (Å²) in [4.78, 5) is 11.7. The molecule has 2 heteroatoms. The van der Waals surface area contributed by atoms with Gasteiger partial charge in [-0.05, 0) is 29.9 Å². The molecule has 0 spiro atoms. The van der Waals surface area contributed by atoms with E-state index in [1.807, 2.05) is 44.2 Å². The van der Waals surface area contributed by atoms with Crippen LogP contribution in [0.5, 0.6) is 0 Å². The van der Waals surface area contributed by atoms with Crippen molar-refractivity contribution in [3.63, 3.8) is 0 Å². The Balaban J connectivity index is 2.59. The molecule has 90 valence electrons. The minimum Gasteiger partial charge on any atom is -0.396 e. The van der Waals surface area contributed by atoms with Crippen LogP contribution >= 0.6 is 0 Å². The van der Waals surface area contributed by atoms with E-state index in [9.17, 15) is 4.79 Å². The molecular weight excluding hydrogens is 212 g/mol. The second-order valence-corrected chi connectivity index (χ2v) is 4.85. The van der Waals surface area contributed by atoms with E-state index in [1.165, 1.54) is 0 Å². The summed E-state index contributed by atoms with van der Waals surface area (Å²) in [5, 5.41) is 8.88. The number of carbonyl (C=O) groups is 1. The van der Waals surface area contributed by atoms with Crippen molar-refractivity contribution in [1.82, 2.24) is 0 Å². The normalized spacial score (nSPS) is 10.5. The van der Waals surface area contributed by atoms with Crippen molar-refractivity contribution >= 4 is 5.78 Å². The van der Waals surface area contributed by atoms with Crippen molar-refractivity contribution in [3.05, 3.63) is 35.9 Å². The van der Waals surface area contributed by atoms with Gasteiger partial charge >= 0.3 is 0 Å². The maximum Gasteiger partial charge on any atom is 0.206 e. The lowest BCUT2D eigenvalue weighted by molar-refractivity contribution is -0.115. The minimum absolute atomic E-state index is 0.0766. The average Bonchev–Trinajstić information content (AvgIpc) is 2.27. The topological polar surface area (TPSA) is 37.3 Å². The molecule has 0 aliphatic carbocycles. The standard InChI is InChI=1S/C15H18O2/c1-15(2,10-11-16)12-14(17)9-8-13-6-4-3-5-7-13/h3-7,16H,10-12H2,1-2H3. The molecule has 0 radical (unpaired) electrons. The van der Waals surface area contributed by atoms with Crippen LogP contribution in [-0.2, 0) is 4.79 Å². The zero-order valence-electron chi connectivity index (χ0n) is 10.4. The fourth-order valence-corrected chi connectivity index (χ4v) is 1.53. The molecule has 0 heterocycles. The van der Waals surface area contributed by atoms with E-state index >= 15 is 0 Å². The predicted octanol–water partition coefficient (Wildman–Crippen LogP) is 2.41. The van der Waals surface area contributed by atoms with Crippen LogP contribution in [0.3, 0.4) is 0 Å². The number of carbonyl (C=O) groups excluding carboxylic acids is 1. The predicted molar refractivity (Wildman–Crippen MR) is 68.4 cm³/mol. The van der Waals surface area contributed by atoms with Gasteiger partial charge in [-0.3, -0.25) is 4.79 Å². The molecule has 0 atom stereocenters. The Bertz CT molecular complexity index is 421. The van der Waals surface area contributed by atoms with E-state index in [-0.39, 0.29) is 17.8 Å². The third-order valence-electron chi connectivity index (χ3n) is 2.55. The smallest absolute Gasteiger partial charge is 0.206 e. The lowest BCUT2D eigenvalue weighted by Gasteiger charge is -2.20. The third kappa shape index (κ3) is 5.33. The fraction of sp³-hybridized carbons (Fsp3) is 0.400. The van der Waals surface area contributed by atoms with Gasteiger partial charge in [0, 0.05) is 18.6 Å². The molecule has 17 heavy (non-hydrogen) atoms. The zero-order valence-corrected chi connectivity index (χ0v) is 10.4. The van der Waals surface area contributed by atoms with Gasteiger partial charge in [0.05, 0.1) is 0 Å². The van der Waals surface area contributed by atoms with E-state index in [0.717, 1.165) is 5.56 Å². The van der Waals surface area contributed by atoms with E-state index in [4.69, 9.17) is 5.11 Å².